The van der Waals surface area contributed by atoms with Crippen molar-refractivity contribution < 1.29 is 17.6 Å². The first kappa shape index (κ1) is 17.3. The number of benzene rings is 1. The number of anilines is 1. The van der Waals surface area contributed by atoms with Crippen LogP contribution in [-0.2, 0) is 10.0 Å². The lowest BCUT2D eigenvalue weighted by atomic mass is 10.2. The second-order valence-electron chi connectivity index (χ2n) is 5.16. The van der Waals surface area contributed by atoms with Crippen LogP contribution in [0.5, 0.6) is 0 Å². The van der Waals surface area contributed by atoms with Crippen molar-refractivity contribution in [3.8, 4) is 11.5 Å². The SMILES string of the molecule is CN(C)S(=O)(=O)c1ccc(-c2nnc(NC(=O)c3cccs3)o2)cc1. The van der Waals surface area contributed by atoms with Gasteiger partial charge in [-0.05, 0) is 35.7 Å². The van der Waals surface area contributed by atoms with Gasteiger partial charge in [0.1, 0.15) is 0 Å². The Kier molecular flexibility index (Phi) is 4.66. The molecule has 2 aromatic heterocycles. The molecular formula is C15H14N4O4S2. The molecule has 0 aliphatic carbocycles. The summed E-state index contributed by atoms with van der Waals surface area (Å²) in [5.74, 6) is -0.159. The molecule has 0 bridgehead atoms. The van der Waals surface area contributed by atoms with Gasteiger partial charge in [0.2, 0.25) is 15.9 Å². The van der Waals surface area contributed by atoms with Crippen LogP contribution in [0.15, 0.2) is 51.1 Å². The number of thiophene rings is 1. The first-order valence-electron chi connectivity index (χ1n) is 7.09. The average molecular weight is 378 g/mol. The van der Waals surface area contributed by atoms with Gasteiger partial charge < -0.3 is 4.42 Å². The van der Waals surface area contributed by atoms with Crippen molar-refractivity contribution in [2.75, 3.05) is 19.4 Å². The van der Waals surface area contributed by atoms with Crippen LogP contribution < -0.4 is 5.32 Å². The molecule has 1 amide bonds. The lowest BCUT2D eigenvalue weighted by Crippen LogP contribution is -2.22. The molecule has 0 aliphatic heterocycles. The maximum atomic E-state index is 12.0. The third-order valence-corrected chi connectivity index (χ3v) is 5.97. The molecule has 0 unspecified atom stereocenters. The summed E-state index contributed by atoms with van der Waals surface area (Å²) in [5.41, 5.74) is 0.543. The van der Waals surface area contributed by atoms with Crippen molar-refractivity contribution in [3.63, 3.8) is 0 Å². The van der Waals surface area contributed by atoms with E-state index >= 15 is 0 Å². The Bertz CT molecular complexity index is 977. The molecule has 0 fully saturated rings. The van der Waals surface area contributed by atoms with Crippen LogP contribution in [-0.4, -0.2) is 42.9 Å². The number of carbonyl (C=O) groups excluding carboxylic acids is 1. The highest BCUT2D eigenvalue weighted by Crippen LogP contribution is 2.23. The molecule has 0 atom stereocenters. The number of sulfonamides is 1. The lowest BCUT2D eigenvalue weighted by Gasteiger charge is -2.11. The second kappa shape index (κ2) is 6.75. The van der Waals surface area contributed by atoms with Crippen molar-refractivity contribution in [3.05, 3.63) is 46.7 Å². The van der Waals surface area contributed by atoms with E-state index in [-0.39, 0.29) is 22.7 Å². The van der Waals surface area contributed by atoms with Crippen LogP contribution in [0.25, 0.3) is 11.5 Å². The molecule has 0 saturated heterocycles. The van der Waals surface area contributed by atoms with Crippen LogP contribution >= 0.6 is 11.3 Å². The van der Waals surface area contributed by atoms with E-state index in [1.807, 2.05) is 0 Å². The number of rotatable bonds is 5. The van der Waals surface area contributed by atoms with Gasteiger partial charge in [-0.15, -0.1) is 16.4 Å². The molecule has 130 valence electrons. The van der Waals surface area contributed by atoms with Gasteiger partial charge in [0, 0.05) is 19.7 Å². The van der Waals surface area contributed by atoms with E-state index in [2.05, 4.69) is 15.5 Å². The first-order chi connectivity index (χ1) is 11.9. The van der Waals surface area contributed by atoms with E-state index in [1.165, 1.54) is 37.6 Å². The van der Waals surface area contributed by atoms with Crippen LogP contribution in [0.1, 0.15) is 9.67 Å². The van der Waals surface area contributed by atoms with Crippen molar-refractivity contribution in [1.82, 2.24) is 14.5 Å². The standard InChI is InChI=1S/C15H14N4O4S2/c1-19(2)25(21,22)11-7-5-10(6-8-11)14-17-18-15(23-14)16-13(20)12-4-3-9-24-12/h3-9H,1-2H3,(H,16,18,20). The predicted molar refractivity (Wildman–Crippen MR) is 92.9 cm³/mol. The number of nitrogens with zero attached hydrogens (tertiary/aromatic N) is 3. The van der Waals surface area contributed by atoms with Crippen molar-refractivity contribution in [1.29, 1.82) is 0 Å². The zero-order valence-corrected chi connectivity index (χ0v) is 15.0. The summed E-state index contributed by atoms with van der Waals surface area (Å²) >= 11 is 1.30. The molecule has 0 saturated carbocycles. The third kappa shape index (κ3) is 3.60. The topological polar surface area (TPSA) is 105 Å². The average Bonchev–Trinajstić information content (AvgIpc) is 3.26. The van der Waals surface area contributed by atoms with Gasteiger partial charge in [-0.1, -0.05) is 11.2 Å². The molecule has 1 N–H and O–H groups in total. The van der Waals surface area contributed by atoms with Crippen molar-refractivity contribution in [2.45, 2.75) is 4.90 Å². The monoisotopic (exact) mass is 378 g/mol. The summed E-state index contributed by atoms with van der Waals surface area (Å²) in [6.07, 6.45) is 0. The number of hydrogen-bond acceptors (Lipinski definition) is 7. The quantitative estimate of drug-likeness (QED) is 0.730. The number of hydrogen-bond donors (Lipinski definition) is 1. The van der Waals surface area contributed by atoms with Gasteiger partial charge in [-0.3, -0.25) is 10.1 Å². The summed E-state index contributed by atoms with van der Waals surface area (Å²) in [4.78, 5) is 12.6. The fourth-order valence-electron chi connectivity index (χ4n) is 1.94. The van der Waals surface area contributed by atoms with E-state index in [0.29, 0.717) is 10.4 Å². The van der Waals surface area contributed by atoms with Crippen LogP contribution in [0.2, 0.25) is 0 Å². The normalized spacial score (nSPS) is 11.6. The van der Waals surface area contributed by atoms with Crippen LogP contribution in [0.3, 0.4) is 0 Å². The summed E-state index contributed by atoms with van der Waals surface area (Å²) in [7, 11) is -0.577. The maximum Gasteiger partial charge on any atom is 0.322 e. The van der Waals surface area contributed by atoms with E-state index in [4.69, 9.17) is 4.42 Å². The Morgan fingerprint density at radius 1 is 1.16 bits per heavy atom. The van der Waals surface area contributed by atoms with E-state index in [1.54, 1.807) is 29.6 Å². The van der Waals surface area contributed by atoms with E-state index in [9.17, 15) is 13.2 Å². The molecule has 2 heterocycles. The fourth-order valence-corrected chi connectivity index (χ4v) is 3.46. The Balaban J connectivity index is 1.77. The van der Waals surface area contributed by atoms with Gasteiger partial charge in [0.25, 0.3) is 5.91 Å². The fraction of sp³-hybridized carbons (Fsp3) is 0.133. The van der Waals surface area contributed by atoms with Gasteiger partial charge in [-0.25, -0.2) is 12.7 Å². The number of carbonyl (C=O) groups is 1. The number of aromatic nitrogens is 2. The molecule has 0 radical (unpaired) electrons. The van der Waals surface area contributed by atoms with Crippen LogP contribution in [0.4, 0.5) is 6.01 Å². The largest absolute Gasteiger partial charge is 0.403 e. The zero-order chi connectivity index (χ0) is 18.0. The molecule has 3 rings (SSSR count). The van der Waals surface area contributed by atoms with Gasteiger partial charge in [0.05, 0.1) is 9.77 Å². The molecule has 10 heteroatoms. The molecule has 0 aliphatic rings. The lowest BCUT2D eigenvalue weighted by molar-refractivity contribution is 0.102. The number of nitrogens with one attached hydrogen (secondary N) is 1. The molecule has 0 spiro atoms. The molecule has 25 heavy (non-hydrogen) atoms. The highest BCUT2D eigenvalue weighted by Gasteiger charge is 2.18. The first-order valence-corrected chi connectivity index (χ1v) is 9.41. The summed E-state index contributed by atoms with van der Waals surface area (Å²) in [5, 5.41) is 11.9. The smallest absolute Gasteiger partial charge is 0.322 e. The summed E-state index contributed by atoms with van der Waals surface area (Å²) in [6, 6.07) is 9.46. The van der Waals surface area contributed by atoms with Crippen molar-refractivity contribution >= 4 is 33.3 Å². The predicted octanol–water partition coefficient (Wildman–Crippen LogP) is 2.30. The number of amides is 1. The minimum Gasteiger partial charge on any atom is -0.403 e. The molecule has 8 nitrogen and oxygen atoms in total. The highest BCUT2D eigenvalue weighted by molar-refractivity contribution is 7.89. The maximum absolute atomic E-state index is 12.0. The highest BCUT2D eigenvalue weighted by atomic mass is 32.2. The summed E-state index contributed by atoms with van der Waals surface area (Å²) < 4.78 is 30.6. The second-order valence-corrected chi connectivity index (χ2v) is 8.26. The molecular weight excluding hydrogens is 364 g/mol. The molecule has 3 aromatic rings. The van der Waals surface area contributed by atoms with Gasteiger partial charge in [-0.2, -0.15) is 0 Å². The third-order valence-electron chi connectivity index (χ3n) is 3.27. The Morgan fingerprint density at radius 3 is 2.48 bits per heavy atom. The minimum absolute atomic E-state index is 0.0293. The zero-order valence-electron chi connectivity index (χ0n) is 13.3. The Morgan fingerprint density at radius 2 is 1.88 bits per heavy atom. The summed E-state index contributed by atoms with van der Waals surface area (Å²) in [6.45, 7) is 0. The van der Waals surface area contributed by atoms with Crippen molar-refractivity contribution in [2.24, 2.45) is 0 Å². The van der Waals surface area contributed by atoms with Gasteiger partial charge in [0.15, 0.2) is 0 Å². The molecule has 1 aromatic carbocycles. The Hall–Kier alpha value is -2.56. The Labute approximate surface area is 148 Å². The van der Waals surface area contributed by atoms with Crippen LogP contribution in [0, 0.1) is 0 Å². The van der Waals surface area contributed by atoms with E-state index < -0.39 is 10.0 Å². The minimum atomic E-state index is -3.50. The van der Waals surface area contributed by atoms with Gasteiger partial charge >= 0.3 is 6.01 Å². The van der Waals surface area contributed by atoms with E-state index in [0.717, 1.165) is 4.31 Å².